The maximum absolute atomic E-state index is 13.0. The first-order valence-electron chi connectivity index (χ1n) is 10.4. The molecule has 0 saturated carbocycles. The lowest BCUT2D eigenvalue weighted by Gasteiger charge is -2.18. The van der Waals surface area contributed by atoms with Crippen LogP contribution in [0.1, 0.15) is 55.8 Å². The summed E-state index contributed by atoms with van der Waals surface area (Å²) >= 11 is 0. The van der Waals surface area contributed by atoms with Crippen LogP contribution in [0.2, 0.25) is 0 Å². The molecule has 1 aliphatic heterocycles. The van der Waals surface area contributed by atoms with Crippen molar-refractivity contribution in [1.82, 2.24) is 5.32 Å². The third-order valence-corrected chi connectivity index (χ3v) is 5.16. The van der Waals surface area contributed by atoms with Crippen molar-refractivity contribution in [3.8, 4) is 5.75 Å². The highest BCUT2D eigenvalue weighted by atomic mass is 16.5. The van der Waals surface area contributed by atoms with Crippen molar-refractivity contribution in [3.63, 3.8) is 0 Å². The van der Waals surface area contributed by atoms with E-state index in [0.717, 1.165) is 41.8 Å². The summed E-state index contributed by atoms with van der Waals surface area (Å²) in [6.45, 7) is 6.73. The number of carbonyl (C=O) groups is 2. The second-order valence-electron chi connectivity index (χ2n) is 7.64. The number of ether oxygens (including phenoxy) is 1. The summed E-state index contributed by atoms with van der Waals surface area (Å²) in [6.07, 6.45) is 3.92. The van der Waals surface area contributed by atoms with E-state index in [1.165, 1.54) is 12.5 Å². The lowest BCUT2D eigenvalue weighted by molar-refractivity contribution is -0.126. The molecular formula is C24H30N2O3. The number of rotatable bonds is 9. The van der Waals surface area contributed by atoms with Gasteiger partial charge < -0.3 is 15.0 Å². The van der Waals surface area contributed by atoms with Gasteiger partial charge in [0, 0.05) is 24.7 Å². The van der Waals surface area contributed by atoms with Crippen LogP contribution in [-0.4, -0.2) is 25.0 Å². The molecule has 0 radical (unpaired) electrons. The average molecular weight is 395 g/mol. The molecule has 1 aliphatic rings. The van der Waals surface area contributed by atoms with Crippen LogP contribution in [0.3, 0.4) is 0 Å². The summed E-state index contributed by atoms with van der Waals surface area (Å²) < 4.78 is 5.82. The molecule has 0 aliphatic carbocycles. The zero-order valence-corrected chi connectivity index (χ0v) is 17.5. The average Bonchev–Trinajstić information content (AvgIpc) is 2.94. The van der Waals surface area contributed by atoms with Crippen LogP contribution in [0, 0.1) is 6.92 Å². The normalized spacial score (nSPS) is 15.3. The molecule has 1 atom stereocenters. The molecule has 0 aromatic heterocycles. The molecule has 5 nitrogen and oxygen atoms in total. The van der Waals surface area contributed by atoms with Gasteiger partial charge in [-0.3, -0.25) is 9.59 Å². The molecule has 29 heavy (non-hydrogen) atoms. The van der Waals surface area contributed by atoms with E-state index in [9.17, 15) is 9.59 Å². The van der Waals surface area contributed by atoms with Crippen molar-refractivity contribution >= 4 is 17.5 Å². The van der Waals surface area contributed by atoms with Gasteiger partial charge in [0.2, 0.25) is 5.91 Å². The molecule has 1 N–H and O–H groups in total. The van der Waals surface area contributed by atoms with Gasteiger partial charge in [-0.15, -0.1) is 0 Å². The van der Waals surface area contributed by atoms with E-state index < -0.39 is 6.04 Å². The SMILES string of the molecule is CCCCc1ccc2c(c1)[C@@H](NC(C)=O)C(=O)N2CCCOc1cccc(C)c1. The number of aryl methyl sites for hydroxylation is 2. The Labute approximate surface area is 173 Å². The number of hydrogen-bond acceptors (Lipinski definition) is 3. The van der Waals surface area contributed by atoms with Gasteiger partial charge in [0.05, 0.1) is 6.61 Å². The molecule has 0 fully saturated rings. The molecule has 2 amide bonds. The van der Waals surface area contributed by atoms with Crippen LogP contribution in [0.15, 0.2) is 42.5 Å². The van der Waals surface area contributed by atoms with Crippen LogP contribution >= 0.6 is 0 Å². The Hall–Kier alpha value is -2.82. The zero-order chi connectivity index (χ0) is 20.8. The van der Waals surface area contributed by atoms with E-state index in [2.05, 4.69) is 24.4 Å². The summed E-state index contributed by atoms with van der Waals surface area (Å²) in [5.41, 5.74) is 4.16. The predicted octanol–water partition coefficient (Wildman–Crippen LogP) is 4.33. The number of fused-ring (bicyclic) bond motifs is 1. The first kappa shape index (κ1) is 20.9. The highest BCUT2D eigenvalue weighted by molar-refractivity contribution is 6.06. The van der Waals surface area contributed by atoms with E-state index in [4.69, 9.17) is 4.74 Å². The van der Waals surface area contributed by atoms with Crippen LogP contribution in [0.5, 0.6) is 5.75 Å². The first-order chi connectivity index (χ1) is 14.0. The second-order valence-corrected chi connectivity index (χ2v) is 7.64. The molecule has 0 unspecified atom stereocenters. The van der Waals surface area contributed by atoms with E-state index in [1.54, 1.807) is 4.90 Å². The Morgan fingerprint density at radius 3 is 2.72 bits per heavy atom. The topological polar surface area (TPSA) is 58.6 Å². The monoisotopic (exact) mass is 394 g/mol. The molecule has 5 heteroatoms. The quantitative estimate of drug-likeness (QED) is 0.644. The fraction of sp³-hybridized carbons (Fsp3) is 0.417. The Balaban J connectivity index is 1.68. The number of hydrogen-bond donors (Lipinski definition) is 1. The smallest absolute Gasteiger partial charge is 0.254 e. The fourth-order valence-corrected chi connectivity index (χ4v) is 3.72. The first-order valence-corrected chi connectivity index (χ1v) is 10.4. The van der Waals surface area contributed by atoms with Crippen LogP contribution in [0.4, 0.5) is 5.69 Å². The zero-order valence-electron chi connectivity index (χ0n) is 17.5. The van der Waals surface area contributed by atoms with Crippen molar-refractivity contribution in [3.05, 3.63) is 59.2 Å². The number of amides is 2. The highest BCUT2D eigenvalue weighted by Crippen LogP contribution is 2.37. The van der Waals surface area contributed by atoms with Gasteiger partial charge in [-0.25, -0.2) is 0 Å². The summed E-state index contributed by atoms with van der Waals surface area (Å²) in [5.74, 6) is 0.575. The minimum Gasteiger partial charge on any atom is -0.494 e. The number of carbonyl (C=O) groups excluding carboxylic acids is 2. The van der Waals surface area contributed by atoms with E-state index in [-0.39, 0.29) is 11.8 Å². The second kappa shape index (κ2) is 9.59. The van der Waals surface area contributed by atoms with Crippen LogP contribution < -0.4 is 15.0 Å². The van der Waals surface area contributed by atoms with E-state index in [1.807, 2.05) is 37.3 Å². The molecule has 3 rings (SSSR count). The number of benzene rings is 2. The highest BCUT2D eigenvalue weighted by Gasteiger charge is 2.37. The largest absolute Gasteiger partial charge is 0.494 e. The third-order valence-electron chi connectivity index (χ3n) is 5.16. The van der Waals surface area contributed by atoms with Crippen molar-refractivity contribution in [2.75, 3.05) is 18.1 Å². The standard InChI is InChI=1S/C24H30N2O3/c1-4-5-9-19-11-12-22-21(16-19)23(25-18(3)27)24(28)26(22)13-7-14-29-20-10-6-8-17(2)15-20/h6,8,10-12,15-16,23H,4-5,7,9,13-14H2,1-3H3,(H,25,27)/t23-/m1/s1. The van der Waals surface area contributed by atoms with Gasteiger partial charge >= 0.3 is 0 Å². The Morgan fingerprint density at radius 2 is 2.00 bits per heavy atom. The molecule has 154 valence electrons. The molecule has 2 aromatic rings. The lowest BCUT2D eigenvalue weighted by atomic mass is 10.0. The summed E-state index contributed by atoms with van der Waals surface area (Å²) in [6, 6.07) is 13.5. The van der Waals surface area contributed by atoms with Gasteiger partial charge in [0.25, 0.3) is 5.91 Å². The van der Waals surface area contributed by atoms with Crippen molar-refractivity contribution in [2.45, 2.75) is 52.5 Å². The van der Waals surface area contributed by atoms with Crippen molar-refractivity contribution in [2.24, 2.45) is 0 Å². The Morgan fingerprint density at radius 1 is 1.17 bits per heavy atom. The Bertz CT molecular complexity index is 878. The summed E-state index contributed by atoms with van der Waals surface area (Å²) in [4.78, 5) is 26.4. The number of unbranched alkanes of at least 4 members (excludes halogenated alkanes) is 1. The van der Waals surface area contributed by atoms with Crippen LogP contribution in [0.25, 0.3) is 0 Å². The number of nitrogens with one attached hydrogen (secondary N) is 1. The van der Waals surface area contributed by atoms with Gasteiger partial charge in [-0.2, -0.15) is 0 Å². The minimum absolute atomic E-state index is 0.0709. The van der Waals surface area contributed by atoms with Crippen molar-refractivity contribution < 1.29 is 14.3 Å². The van der Waals surface area contributed by atoms with Gasteiger partial charge in [0.1, 0.15) is 11.8 Å². The number of nitrogens with zero attached hydrogens (tertiary/aromatic N) is 1. The predicted molar refractivity (Wildman–Crippen MR) is 115 cm³/mol. The maximum atomic E-state index is 13.0. The summed E-state index contributed by atoms with van der Waals surface area (Å²) in [5, 5.41) is 2.82. The molecule has 0 bridgehead atoms. The minimum atomic E-state index is -0.596. The van der Waals surface area contributed by atoms with Gasteiger partial charge in [0.15, 0.2) is 0 Å². The molecule has 2 aromatic carbocycles. The summed E-state index contributed by atoms with van der Waals surface area (Å²) in [7, 11) is 0. The van der Waals surface area contributed by atoms with E-state index in [0.29, 0.717) is 19.6 Å². The van der Waals surface area contributed by atoms with Gasteiger partial charge in [-0.1, -0.05) is 37.6 Å². The van der Waals surface area contributed by atoms with Crippen LogP contribution in [-0.2, 0) is 16.0 Å². The molecule has 0 saturated heterocycles. The molecule has 1 heterocycles. The number of anilines is 1. The maximum Gasteiger partial charge on any atom is 0.254 e. The van der Waals surface area contributed by atoms with E-state index >= 15 is 0 Å². The molecular weight excluding hydrogens is 364 g/mol. The fourth-order valence-electron chi connectivity index (χ4n) is 3.72. The third kappa shape index (κ3) is 5.17. The molecule has 0 spiro atoms. The van der Waals surface area contributed by atoms with Gasteiger partial charge in [-0.05, 0) is 55.5 Å². The lowest BCUT2D eigenvalue weighted by Crippen LogP contribution is -2.37. The van der Waals surface area contributed by atoms with Crippen molar-refractivity contribution in [1.29, 1.82) is 0 Å². The Kier molecular flexibility index (Phi) is 6.91.